The SMILES string of the molecule is OC(C1=C(c2ccc(Cl)cc2)SCC1c1ccc(Cl)o1)c1cccnc1. The normalized spacial score (nSPS) is 18.3. The minimum atomic E-state index is -0.779. The molecule has 3 aromatic rings. The van der Waals surface area contributed by atoms with Crippen LogP contribution in [0.15, 0.2) is 70.9 Å². The lowest BCUT2D eigenvalue weighted by molar-refractivity contribution is 0.208. The molecule has 3 heterocycles. The van der Waals surface area contributed by atoms with E-state index in [4.69, 9.17) is 27.6 Å². The predicted octanol–water partition coefficient (Wildman–Crippen LogP) is 5.96. The molecule has 1 aliphatic rings. The van der Waals surface area contributed by atoms with Gasteiger partial charge in [-0.1, -0.05) is 29.8 Å². The van der Waals surface area contributed by atoms with Crippen molar-refractivity contribution >= 4 is 39.9 Å². The number of rotatable bonds is 4. The van der Waals surface area contributed by atoms with Crippen LogP contribution >= 0.6 is 35.0 Å². The molecule has 1 aliphatic heterocycles. The molecule has 0 aliphatic carbocycles. The minimum absolute atomic E-state index is 0.0617. The Bertz CT molecular complexity index is 938. The first kappa shape index (κ1) is 17.7. The van der Waals surface area contributed by atoms with Gasteiger partial charge in [-0.15, -0.1) is 11.8 Å². The summed E-state index contributed by atoms with van der Waals surface area (Å²) in [6.45, 7) is 0. The lowest BCUT2D eigenvalue weighted by atomic mass is 9.89. The van der Waals surface area contributed by atoms with Gasteiger partial charge in [-0.2, -0.15) is 0 Å². The Labute approximate surface area is 165 Å². The van der Waals surface area contributed by atoms with Crippen LogP contribution in [-0.2, 0) is 0 Å². The van der Waals surface area contributed by atoms with E-state index in [1.807, 2.05) is 42.5 Å². The fraction of sp³-hybridized carbons (Fsp3) is 0.150. The quantitative estimate of drug-likeness (QED) is 0.583. The summed E-state index contributed by atoms with van der Waals surface area (Å²) in [4.78, 5) is 5.17. The average Bonchev–Trinajstić information content (AvgIpc) is 3.28. The number of aliphatic hydroxyl groups excluding tert-OH is 1. The molecular formula is C20H15Cl2NO2S. The molecule has 132 valence electrons. The lowest BCUT2D eigenvalue weighted by Gasteiger charge is -2.19. The van der Waals surface area contributed by atoms with Crippen LogP contribution in [0, 0.1) is 0 Å². The third-order valence-corrected chi connectivity index (χ3v) is 6.09. The molecule has 0 bridgehead atoms. The number of nitrogens with zero attached hydrogens (tertiary/aromatic N) is 1. The molecule has 3 nitrogen and oxygen atoms in total. The Balaban J connectivity index is 1.83. The second-order valence-corrected chi connectivity index (χ2v) is 7.82. The number of thioether (sulfide) groups is 1. The van der Waals surface area contributed by atoms with Crippen molar-refractivity contribution in [2.75, 3.05) is 5.75 Å². The summed E-state index contributed by atoms with van der Waals surface area (Å²) in [5, 5.41) is 12.2. The molecule has 2 unspecified atom stereocenters. The lowest BCUT2D eigenvalue weighted by Crippen LogP contribution is -2.10. The predicted molar refractivity (Wildman–Crippen MR) is 106 cm³/mol. The van der Waals surface area contributed by atoms with Gasteiger partial charge >= 0.3 is 0 Å². The maximum atomic E-state index is 11.1. The highest BCUT2D eigenvalue weighted by molar-refractivity contribution is 8.08. The first-order valence-corrected chi connectivity index (χ1v) is 9.83. The number of furan rings is 1. The zero-order chi connectivity index (χ0) is 18.1. The third-order valence-electron chi connectivity index (χ3n) is 4.37. The number of aromatic nitrogens is 1. The van der Waals surface area contributed by atoms with Crippen molar-refractivity contribution in [3.8, 4) is 0 Å². The molecule has 6 heteroatoms. The second kappa shape index (κ2) is 7.49. The Morgan fingerprint density at radius 3 is 2.58 bits per heavy atom. The molecule has 0 spiro atoms. The highest BCUT2D eigenvalue weighted by Gasteiger charge is 2.35. The van der Waals surface area contributed by atoms with Crippen molar-refractivity contribution in [3.63, 3.8) is 0 Å². The summed E-state index contributed by atoms with van der Waals surface area (Å²) in [7, 11) is 0. The molecule has 0 radical (unpaired) electrons. The van der Waals surface area contributed by atoms with Crippen LogP contribution in [0.3, 0.4) is 0 Å². The van der Waals surface area contributed by atoms with Crippen LogP contribution in [-0.4, -0.2) is 15.8 Å². The van der Waals surface area contributed by atoms with Crippen molar-refractivity contribution in [1.82, 2.24) is 4.98 Å². The highest BCUT2D eigenvalue weighted by atomic mass is 35.5. The topological polar surface area (TPSA) is 46.3 Å². The molecule has 4 rings (SSSR count). The van der Waals surface area contributed by atoms with Crippen molar-refractivity contribution in [3.05, 3.63) is 93.6 Å². The average molecular weight is 404 g/mol. The van der Waals surface area contributed by atoms with Crippen LogP contribution in [0.1, 0.15) is 28.9 Å². The van der Waals surface area contributed by atoms with Gasteiger partial charge in [0.15, 0.2) is 5.22 Å². The van der Waals surface area contributed by atoms with Crippen molar-refractivity contribution in [2.24, 2.45) is 0 Å². The summed E-state index contributed by atoms with van der Waals surface area (Å²) >= 11 is 13.7. The monoisotopic (exact) mass is 403 g/mol. The van der Waals surface area contributed by atoms with Gasteiger partial charge in [0.2, 0.25) is 0 Å². The minimum Gasteiger partial charge on any atom is -0.449 e. The van der Waals surface area contributed by atoms with Crippen LogP contribution in [0.25, 0.3) is 4.91 Å². The van der Waals surface area contributed by atoms with Gasteiger partial charge in [0, 0.05) is 33.6 Å². The van der Waals surface area contributed by atoms with Crippen molar-refractivity contribution in [2.45, 2.75) is 12.0 Å². The standard InChI is InChI=1S/C20H15Cl2NO2S/c21-14-5-3-12(4-6-14)20-18(19(24)13-2-1-9-23-10-13)15(11-26-20)16-7-8-17(22)25-16/h1-10,15,19,24H,11H2. The number of hydrogen-bond donors (Lipinski definition) is 1. The van der Waals surface area contributed by atoms with Gasteiger partial charge in [-0.3, -0.25) is 4.98 Å². The van der Waals surface area contributed by atoms with E-state index in [1.54, 1.807) is 30.2 Å². The summed E-state index contributed by atoms with van der Waals surface area (Å²) in [5.74, 6) is 1.46. The van der Waals surface area contributed by atoms with Gasteiger partial charge in [0.1, 0.15) is 11.9 Å². The maximum absolute atomic E-state index is 11.1. The Morgan fingerprint density at radius 2 is 1.92 bits per heavy atom. The maximum Gasteiger partial charge on any atom is 0.193 e. The summed E-state index contributed by atoms with van der Waals surface area (Å²) in [6.07, 6.45) is 2.60. The van der Waals surface area contributed by atoms with Crippen LogP contribution < -0.4 is 0 Å². The molecule has 2 atom stereocenters. The van der Waals surface area contributed by atoms with E-state index in [0.29, 0.717) is 10.2 Å². The van der Waals surface area contributed by atoms with Gasteiger partial charge in [-0.05, 0) is 53.1 Å². The molecule has 2 aromatic heterocycles. The molecule has 0 amide bonds. The van der Waals surface area contributed by atoms with Gasteiger partial charge < -0.3 is 9.52 Å². The van der Waals surface area contributed by atoms with Gasteiger partial charge in [-0.25, -0.2) is 0 Å². The smallest absolute Gasteiger partial charge is 0.193 e. The van der Waals surface area contributed by atoms with E-state index in [1.165, 1.54) is 0 Å². The van der Waals surface area contributed by atoms with E-state index in [2.05, 4.69) is 4.98 Å². The molecule has 0 fully saturated rings. The molecule has 1 aromatic carbocycles. The molecule has 0 saturated carbocycles. The van der Waals surface area contributed by atoms with E-state index in [-0.39, 0.29) is 5.92 Å². The number of halogens is 2. The fourth-order valence-corrected chi connectivity index (χ4v) is 4.81. The Morgan fingerprint density at radius 1 is 1.12 bits per heavy atom. The van der Waals surface area contributed by atoms with E-state index >= 15 is 0 Å². The highest BCUT2D eigenvalue weighted by Crippen LogP contribution is 2.51. The Kier molecular flexibility index (Phi) is 5.09. The molecule has 0 saturated heterocycles. The van der Waals surface area contributed by atoms with Crippen molar-refractivity contribution in [1.29, 1.82) is 0 Å². The zero-order valence-electron chi connectivity index (χ0n) is 13.6. The van der Waals surface area contributed by atoms with Crippen LogP contribution in [0.2, 0.25) is 10.2 Å². The number of aliphatic hydroxyl groups is 1. The Hall–Kier alpha value is -1.72. The summed E-state index contributed by atoms with van der Waals surface area (Å²) < 4.78 is 5.66. The number of pyridine rings is 1. The number of hydrogen-bond acceptors (Lipinski definition) is 4. The van der Waals surface area contributed by atoms with Gasteiger partial charge in [0.05, 0.1) is 5.92 Å². The van der Waals surface area contributed by atoms with Crippen LogP contribution in [0.5, 0.6) is 0 Å². The summed E-state index contributed by atoms with van der Waals surface area (Å²) in [6, 6.07) is 15.0. The van der Waals surface area contributed by atoms with Crippen molar-refractivity contribution < 1.29 is 9.52 Å². The number of benzene rings is 1. The zero-order valence-corrected chi connectivity index (χ0v) is 15.9. The third kappa shape index (κ3) is 3.42. The molecule has 1 N–H and O–H groups in total. The fourth-order valence-electron chi connectivity index (χ4n) is 3.13. The van der Waals surface area contributed by atoms with E-state index in [0.717, 1.165) is 33.1 Å². The van der Waals surface area contributed by atoms with E-state index in [9.17, 15) is 5.11 Å². The first-order valence-electron chi connectivity index (χ1n) is 8.09. The van der Waals surface area contributed by atoms with Gasteiger partial charge in [0.25, 0.3) is 0 Å². The van der Waals surface area contributed by atoms with E-state index < -0.39 is 6.10 Å². The van der Waals surface area contributed by atoms with Crippen LogP contribution in [0.4, 0.5) is 0 Å². The first-order chi connectivity index (χ1) is 12.6. The largest absolute Gasteiger partial charge is 0.449 e. The molecular weight excluding hydrogens is 389 g/mol. The molecule has 26 heavy (non-hydrogen) atoms. The second-order valence-electron chi connectivity index (χ2n) is 5.99. The summed E-state index contributed by atoms with van der Waals surface area (Å²) in [5.41, 5.74) is 2.67.